The van der Waals surface area contributed by atoms with Crippen molar-refractivity contribution >= 4 is 17.5 Å². The molecule has 2 rings (SSSR count). The molecule has 0 fully saturated rings. The van der Waals surface area contributed by atoms with E-state index in [0.717, 1.165) is 12.0 Å². The lowest BCUT2D eigenvalue weighted by Crippen LogP contribution is -2.34. The van der Waals surface area contributed by atoms with Crippen LogP contribution in [0.2, 0.25) is 0 Å². The summed E-state index contributed by atoms with van der Waals surface area (Å²) in [5.41, 5.74) is 2.26. The molecule has 1 N–H and O–H groups in total. The fraction of sp³-hybridized carbons (Fsp3) is 0.364. The van der Waals surface area contributed by atoms with Crippen molar-refractivity contribution in [2.45, 2.75) is 27.2 Å². The van der Waals surface area contributed by atoms with Gasteiger partial charge in [0, 0.05) is 18.3 Å². The Balaban J connectivity index is 2.03. The summed E-state index contributed by atoms with van der Waals surface area (Å²) in [6.07, 6.45) is 0.880. The number of amides is 2. The number of likely N-dealkylation sites (N-methyl/N-ethyl adjacent to an activating group) is 1. The van der Waals surface area contributed by atoms with Gasteiger partial charge in [-0.25, -0.2) is 0 Å². The van der Waals surface area contributed by atoms with Crippen LogP contribution in [0.5, 0.6) is 11.5 Å². The average molecular weight is 384 g/mol. The van der Waals surface area contributed by atoms with Crippen molar-refractivity contribution < 1.29 is 19.1 Å². The number of ether oxygens (including phenoxy) is 2. The molecular weight excluding hydrogens is 356 g/mol. The van der Waals surface area contributed by atoms with Gasteiger partial charge in [-0.15, -0.1) is 0 Å². The number of rotatable bonds is 9. The van der Waals surface area contributed by atoms with E-state index in [1.54, 1.807) is 25.2 Å². The number of aryl methyl sites for hydroxylation is 1. The molecule has 0 aliphatic heterocycles. The fourth-order valence-corrected chi connectivity index (χ4v) is 2.59. The van der Waals surface area contributed by atoms with Crippen molar-refractivity contribution in [3.8, 4) is 11.5 Å². The van der Waals surface area contributed by atoms with Gasteiger partial charge >= 0.3 is 0 Å². The van der Waals surface area contributed by atoms with Gasteiger partial charge in [0.1, 0.15) is 0 Å². The van der Waals surface area contributed by atoms with Crippen LogP contribution < -0.4 is 14.8 Å². The third-order valence-electron chi connectivity index (χ3n) is 4.01. The molecule has 6 heteroatoms. The Kier molecular flexibility index (Phi) is 7.87. The Morgan fingerprint density at radius 3 is 2.36 bits per heavy atom. The predicted molar refractivity (Wildman–Crippen MR) is 110 cm³/mol. The van der Waals surface area contributed by atoms with Crippen molar-refractivity contribution in [2.24, 2.45) is 0 Å². The van der Waals surface area contributed by atoms with Gasteiger partial charge in [0.05, 0.1) is 19.8 Å². The molecule has 0 bridgehead atoms. The molecule has 0 unspecified atom stereocenters. The Morgan fingerprint density at radius 1 is 1.00 bits per heavy atom. The zero-order valence-electron chi connectivity index (χ0n) is 17.0. The number of hydrogen-bond donors (Lipinski definition) is 1. The average Bonchev–Trinajstić information content (AvgIpc) is 2.68. The summed E-state index contributed by atoms with van der Waals surface area (Å²) in [5, 5.41) is 2.79. The van der Waals surface area contributed by atoms with Crippen LogP contribution in [0.4, 0.5) is 5.69 Å². The molecule has 0 saturated carbocycles. The summed E-state index contributed by atoms with van der Waals surface area (Å²) < 4.78 is 11.3. The van der Waals surface area contributed by atoms with Gasteiger partial charge in [0.15, 0.2) is 11.5 Å². The van der Waals surface area contributed by atoms with Crippen LogP contribution in [-0.2, 0) is 4.79 Å². The zero-order chi connectivity index (χ0) is 20.5. The highest BCUT2D eigenvalue weighted by Gasteiger charge is 2.17. The molecule has 0 aliphatic carbocycles. The fourth-order valence-electron chi connectivity index (χ4n) is 2.59. The van der Waals surface area contributed by atoms with E-state index in [4.69, 9.17) is 9.47 Å². The number of carbonyl (C=O) groups excluding carboxylic acids is 2. The lowest BCUT2D eigenvalue weighted by Gasteiger charge is -2.18. The minimum atomic E-state index is -0.262. The summed E-state index contributed by atoms with van der Waals surface area (Å²) in [7, 11) is 1.60. The lowest BCUT2D eigenvalue weighted by atomic mass is 10.1. The summed E-state index contributed by atoms with van der Waals surface area (Å²) >= 11 is 0. The molecule has 0 radical (unpaired) electrons. The maximum atomic E-state index is 12.7. The highest BCUT2D eigenvalue weighted by Crippen LogP contribution is 2.29. The number of nitrogens with one attached hydrogen (secondary N) is 1. The van der Waals surface area contributed by atoms with E-state index in [1.807, 2.05) is 45.0 Å². The lowest BCUT2D eigenvalue weighted by molar-refractivity contribution is -0.116. The van der Waals surface area contributed by atoms with Crippen LogP contribution in [0.1, 0.15) is 36.2 Å². The Bertz CT molecular complexity index is 803. The molecule has 0 aliphatic rings. The highest BCUT2D eigenvalue weighted by molar-refractivity contribution is 5.99. The van der Waals surface area contributed by atoms with E-state index < -0.39 is 0 Å². The summed E-state index contributed by atoms with van der Waals surface area (Å²) in [5.74, 6) is 0.619. The first-order chi connectivity index (χ1) is 13.4. The number of anilines is 1. The normalized spacial score (nSPS) is 10.3. The van der Waals surface area contributed by atoms with E-state index in [2.05, 4.69) is 5.32 Å². The smallest absolute Gasteiger partial charge is 0.254 e. The van der Waals surface area contributed by atoms with Crippen molar-refractivity contribution in [3.05, 3.63) is 53.6 Å². The molecular formula is C22H28N2O4. The standard InChI is InChI=1S/C22H28N2O4/c1-5-13-28-19-12-9-17(14-20(19)27-6-2)22(26)24(4)15-21(25)23-18-10-7-16(3)8-11-18/h7-12,14H,5-6,13,15H2,1-4H3,(H,23,25). The quantitative estimate of drug-likeness (QED) is 0.712. The number of benzene rings is 2. The summed E-state index contributed by atoms with van der Waals surface area (Å²) in [6.45, 7) is 6.87. The van der Waals surface area contributed by atoms with E-state index in [-0.39, 0.29) is 18.4 Å². The molecule has 0 spiro atoms. The molecule has 28 heavy (non-hydrogen) atoms. The van der Waals surface area contributed by atoms with Crippen LogP contribution in [0.15, 0.2) is 42.5 Å². The van der Waals surface area contributed by atoms with Gasteiger partial charge in [-0.1, -0.05) is 24.6 Å². The summed E-state index contributed by atoms with van der Waals surface area (Å²) in [4.78, 5) is 26.3. The second kappa shape index (κ2) is 10.3. The van der Waals surface area contributed by atoms with Gasteiger partial charge in [-0.3, -0.25) is 9.59 Å². The van der Waals surface area contributed by atoms with Crippen LogP contribution in [0, 0.1) is 6.92 Å². The van der Waals surface area contributed by atoms with Crippen LogP contribution in [-0.4, -0.2) is 43.5 Å². The monoisotopic (exact) mass is 384 g/mol. The number of hydrogen-bond acceptors (Lipinski definition) is 4. The van der Waals surface area contributed by atoms with E-state index in [1.165, 1.54) is 4.90 Å². The molecule has 0 atom stereocenters. The van der Waals surface area contributed by atoms with Crippen molar-refractivity contribution in [1.29, 1.82) is 0 Å². The maximum Gasteiger partial charge on any atom is 0.254 e. The second-order valence-electron chi connectivity index (χ2n) is 6.52. The first-order valence-corrected chi connectivity index (χ1v) is 9.46. The van der Waals surface area contributed by atoms with Gasteiger partial charge in [0.25, 0.3) is 5.91 Å². The van der Waals surface area contributed by atoms with Crippen molar-refractivity contribution in [2.75, 3.05) is 32.1 Å². The van der Waals surface area contributed by atoms with Crippen LogP contribution in [0.25, 0.3) is 0 Å². The Morgan fingerprint density at radius 2 is 1.71 bits per heavy atom. The van der Waals surface area contributed by atoms with Gasteiger partial charge < -0.3 is 19.7 Å². The second-order valence-corrected chi connectivity index (χ2v) is 6.52. The molecule has 0 aromatic heterocycles. The number of carbonyl (C=O) groups is 2. The third-order valence-corrected chi connectivity index (χ3v) is 4.01. The first kappa shape index (κ1) is 21.3. The molecule has 0 heterocycles. The predicted octanol–water partition coefficient (Wildman–Crippen LogP) is 3.89. The van der Waals surface area contributed by atoms with Crippen molar-refractivity contribution in [3.63, 3.8) is 0 Å². The molecule has 2 aromatic rings. The summed E-state index contributed by atoms with van der Waals surface area (Å²) in [6, 6.07) is 12.6. The van der Waals surface area contributed by atoms with Gasteiger partial charge in [-0.2, -0.15) is 0 Å². The molecule has 0 saturated heterocycles. The van der Waals surface area contributed by atoms with E-state index in [9.17, 15) is 9.59 Å². The largest absolute Gasteiger partial charge is 0.490 e. The van der Waals surface area contributed by atoms with Gasteiger partial charge in [-0.05, 0) is 50.6 Å². The van der Waals surface area contributed by atoms with Crippen LogP contribution in [0.3, 0.4) is 0 Å². The topological polar surface area (TPSA) is 67.9 Å². The number of nitrogens with zero attached hydrogens (tertiary/aromatic N) is 1. The minimum absolute atomic E-state index is 0.0508. The molecule has 2 amide bonds. The Hall–Kier alpha value is -3.02. The van der Waals surface area contributed by atoms with Crippen molar-refractivity contribution in [1.82, 2.24) is 4.90 Å². The molecule has 150 valence electrons. The van der Waals surface area contributed by atoms with E-state index in [0.29, 0.717) is 36.0 Å². The van der Waals surface area contributed by atoms with E-state index >= 15 is 0 Å². The minimum Gasteiger partial charge on any atom is -0.490 e. The molecule has 6 nitrogen and oxygen atoms in total. The Labute approximate surface area is 166 Å². The molecule has 2 aromatic carbocycles. The maximum absolute atomic E-state index is 12.7. The SMILES string of the molecule is CCCOc1ccc(C(=O)N(C)CC(=O)Nc2ccc(C)cc2)cc1OCC. The van der Waals surface area contributed by atoms with Gasteiger partial charge in [0.2, 0.25) is 5.91 Å². The first-order valence-electron chi connectivity index (χ1n) is 9.46. The van der Waals surface area contributed by atoms with Crippen LogP contribution >= 0.6 is 0 Å². The third kappa shape index (κ3) is 6.01. The zero-order valence-corrected chi connectivity index (χ0v) is 17.0. The highest BCUT2D eigenvalue weighted by atomic mass is 16.5.